The zero-order valence-electron chi connectivity index (χ0n) is 14.2. The molecule has 0 spiro atoms. The molecule has 1 fully saturated rings. The van der Waals surface area contributed by atoms with Crippen LogP contribution in [0.3, 0.4) is 0 Å². The van der Waals surface area contributed by atoms with Gasteiger partial charge in [-0.05, 0) is 5.56 Å². The lowest BCUT2D eigenvalue weighted by Crippen LogP contribution is -2.63. The monoisotopic (exact) mass is 376 g/mol. The van der Waals surface area contributed by atoms with E-state index in [2.05, 4.69) is 9.47 Å². The minimum Gasteiger partial charge on any atom is -0.453 e. The zero-order chi connectivity index (χ0) is 19.3. The van der Waals surface area contributed by atoms with E-state index in [-0.39, 0.29) is 6.61 Å². The fourth-order valence-electron chi connectivity index (χ4n) is 2.45. The van der Waals surface area contributed by atoms with E-state index in [9.17, 15) is 22.8 Å². The first kappa shape index (κ1) is 20.2. The van der Waals surface area contributed by atoms with Crippen LogP contribution in [0.5, 0.6) is 0 Å². The molecular formula is C17H19F3O6. The van der Waals surface area contributed by atoms with E-state index >= 15 is 0 Å². The highest BCUT2D eigenvalue weighted by Gasteiger charge is 2.62. The third-order valence-electron chi connectivity index (χ3n) is 3.61. The Kier molecular flexibility index (Phi) is 6.60. The average Bonchev–Trinajstić information content (AvgIpc) is 2.56. The summed E-state index contributed by atoms with van der Waals surface area (Å²) in [7, 11) is 0. The van der Waals surface area contributed by atoms with Crippen molar-refractivity contribution in [2.45, 2.75) is 51.0 Å². The van der Waals surface area contributed by atoms with Gasteiger partial charge in [0.05, 0.1) is 13.2 Å². The molecule has 1 aromatic carbocycles. The maximum atomic E-state index is 14.5. The molecule has 9 heteroatoms. The number of alkyl halides is 3. The Morgan fingerprint density at radius 3 is 2.31 bits per heavy atom. The Morgan fingerprint density at radius 1 is 1.12 bits per heavy atom. The standard InChI is InChI=1S/C17H19F3O6/c1-10(21)24-15-14(18)16(25-11(2)22)26-13(17(15,19)20)9-23-8-12-6-4-3-5-7-12/h3-7,13-16H,8-9H2,1-2H3/t13-,14-,15-,16+/m0/s1. The maximum absolute atomic E-state index is 14.5. The highest BCUT2D eigenvalue weighted by Crippen LogP contribution is 2.38. The highest BCUT2D eigenvalue weighted by molar-refractivity contribution is 5.67. The van der Waals surface area contributed by atoms with Crippen molar-refractivity contribution in [3.63, 3.8) is 0 Å². The Morgan fingerprint density at radius 2 is 1.73 bits per heavy atom. The van der Waals surface area contributed by atoms with Gasteiger partial charge in [-0.25, -0.2) is 4.39 Å². The SMILES string of the molecule is CC(=O)O[C@@H]1O[C@@H](COCc2ccccc2)C(F)(F)[C@@H](OC(C)=O)[C@@H]1F. The molecule has 144 valence electrons. The van der Waals surface area contributed by atoms with E-state index in [4.69, 9.17) is 9.47 Å². The molecule has 0 bridgehead atoms. The average molecular weight is 376 g/mol. The van der Waals surface area contributed by atoms with Crippen LogP contribution in [0.2, 0.25) is 0 Å². The maximum Gasteiger partial charge on any atom is 0.315 e. The second-order valence-corrected chi connectivity index (χ2v) is 5.75. The quantitative estimate of drug-likeness (QED) is 0.710. The van der Waals surface area contributed by atoms with Crippen LogP contribution >= 0.6 is 0 Å². The predicted molar refractivity (Wildman–Crippen MR) is 81.9 cm³/mol. The fraction of sp³-hybridized carbons (Fsp3) is 0.529. The van der Waals surface area contributed by atoms with E-state index in [0.717, 1.165) is 19.4 Å². The van der Waals surface area contributed by atoms with Gasteiger partial charge in [0.2, 0.25) is 18.6 Å². The number of benzene rings is 1. The Hall–Kier alpha value is -2.13. The number of ether oxygens (including phenoxy) is 4. The molecule has 26 heavy (non-hydrogen) atoms. The summed E-state index contributed by atoms with van der Waals surface area (Å²) in [4.78, 5) is 22.1. The zero-order valence-corrected chi connectivity index (χ0v) is 14.2. The number of halogens is 3. The minimum atomic E-state index is -3.88. The van der Waals surface area contributed by atoms with Gasteiger partial charge in [0, 0.05) is 13.8 Å². The van der Waals surface area contributed by atoms with Crippen LogP contribution in [0.25, 0.3) is 0 Å². The van der Waals surface area contributed by atoms with Crippen molar-refractivity contribution in [2.24, 2.45) is 0 Å². The number of rotatable bonds is 6. The molecule has 0 radical (unpaired) electrons. The Balaban J connectivity index is 2.10. The van der Waals surface area contributed by atoms with Gasteiger partial charge in [0.15, 0.2) is 6.10 Å². The highest BCUT2D eigenvalue weighted by atomic mass is 19.3. The molecule has 6 nitrogen and oxygen atoms in total. The van der Waals surface area contributed by atoms with Crippen LogP contribution in [0, 0.1) is 0 Å². The van der Waals surface area contributed by atoms with Gasteiger partial charge >= 0.3 is 17.9 Å². The van der Waals surface area contributed by atoms with E-state index in [1.165, 1.54) is 0 Å². The smallest absolute Gasteiger partial charge is 0.315 e. The molecule has 0 aromatic heterocycles. The van der Waals surface area contributed by atoms with Crippen molar-refractivity contribution in [3.8, 4) is 0 Å². The van der Waals surface area contributed by atoms with Crippen LogP contribution in [-0.4, -0.2) is 49.1 Å². The van der Waals surface area contributed by atoms with Gasteiger partial charge in [0.25, 0.3) is 0 Å². The van der Waals surface area contributed by atoms with Crippen LogP contribution in [0.1, 0.15) is 19.4 Å². The van der Waals surface area contributed by atoms with E-state index in [1.807, 2.05) is 0 Å². The van der Waals surface area contributed by atoms with Crippen LogP contribution in [0.15, 0.2) is 30.3 Å². The summed E-state index contributed by atoms with van der Waals surface area (Å²) in [6.45, 7) is 1.25. The summed E-state index contributed by atoms with van der Waals surface area (Å²) in [5.74, 6) is -5.89. The van der Waals surface area contributed by atoms with Crippen molar-refractivity contribution in [2.75, 3.05) is 6.61 Å². The van der Waals surface area contributed by atoms with E-state index in [0.29, 0.717) is 0 Å². The third-order valence-corrected chi connectivity index (χ3v) is 3.61. The Labute approximate surface area is 148 Å². The van der Waals surface area contributed by atoms with Crippen molar-refractivity contribution in [3.05, 3.63) is 35.9 Å². The lowest BCUT2D eigenvalue weighted by Gasteiger charge is -2.42. The number of carbonyl (C=O) groups is 2. The first-order chi connectivity index (χ1) is 12.2. The molecule has 1 heterocycles. The van der Waals surface area contributed by atoms with Gasteiger partial charge in [-0.3, -0.25) is 9.59 Å². The molecule has 2 rings (SSSR count). The number of carbonyl (C=O) groups excluding carboxylic acids is 2. The van der Waals surface area contributed by atoms with Gasteiger partial charge in [-0.1, -0.05) is 30.3 Å². The summed E-state index contributed by atoms with van der Waals surface area (Å²) >= 11 is 0. The summed E-state index contributed by atoms with van der Waals surface area (Å²) in [6, 6.07) is 8.77. The van der Waals surface area contributed by atoms with Gasteiger partial charge < -0.3 is 18.9 Å². The predicted octanol–water partition coefficient (Wildman–Crippen LogP) is 2.40. The van der Waals surface area contributed by atoms with Gasteiger partial charge in [-0.2, -0.15) is 8.78 Å². The first-order valence-corrected chi connectivity index (χ1v) is 7.85. The van der Waals surface area contributed by atoms with Crippen LogP contribution < -0.4 is 0 Å². The van der Waals surface area contributed by atoms with Crippen molar-refractivity contribution < 1.29 is 41.7 Å². The minimum absolute atomic E-state index is 0.0201. The second-order valence-electron chi connectivity index (χ2n) is 5.75. The molecule has 4 atom stereocenters. The van der Waals surface area contributed by atoms with Crippen molar-refractivity contribution in [1.29, 1.82) is 0 Å². The van der Waals surface area contributed by atoms with Crippen molar-refractivity contribution in [1.82, 2.24) is 0 Å². The number of esters is 2. The normalized spacial score (nSPS) is 27.6. The van der Waals surface area contributed by atoms with Gasteiger partial charge in [-0.15, -0.1) is 0 Å². The molecule has 1 aromatic rings. The lowest BCUT2D eigenvalue weighted by atomic mass is 9.98. The van der Waals surface area contributed by atoms with E-state index < -0.39 is 49.1 Å². The molecule has 1 saturated heterocycles. The fourth-order valence-corrected chi connectivity index (χ4v) is 2.45. The van der Waals surface area contributed by atoms with Crippen LogP contribution in [0.4, 0.5) is 13.2 Å². The lowest BCUT2D eigenvalue weighted by molar-refractivity contribution is -0.328. The molecule has 0 aliphatic carbocycles. The largest absolute Gasteiger partial charge is 0.453 e. The Bertz CT molecular complexity index is 624. The van der Waals surface area contributed by atoms with E-state index in [1.54, 1.807) is 30.3 Å². The molecule has 0 amide bonds. The molecular weight excluding hydrogens is 357 g/mol. The summed E-state index contributed by atoms with van der Waals surface area (Å²) in [6.07, 6.45) is -8.89. The van der Waals surface area contributed by atoms with Gasteiger partial charge in [0.1, 0.15) is 0 Å². The topological polar surface area (TPSA) is 71.1 Å². The molecule has 1 aliphatic rings. The molecule has 0 saturated carbocycles. The summed E-state index contributed by atoms with van der Waals surface area (Å²) in [5, 5.41) is 0. The second kappa shape index (κ2) is 8.50. The summed E-state index contributed by atoms with van der Waals surface area (Å²) < 4.78 is 62.5. The first-order valence-electron chi connectivity index (χ1n) is 7.85. The molecule has 0 N–H and O–H groups in total. The molecule has 1 aliphatic heterocycles. The third kappa shape index (κ3) is 4.95. The number of hydrogen-bond donors (Lipinski definition) is 0. The van der Waals surface area contributed by atoms with Crippen molar-refractivity contribution >= 4 is 11.9 Å². The molecule has 0 unspecified atom stereocenters. The summed E-state index contributed by atoms with van der Waals surface area (Å²) in [5.41, 5.74) is 0.739. The van der Waals surface area contributed by atoms with Crippen LogP contribution in [-0.2, 0) is 35.1 Å². The number of hydrogen-bond acceptors (Lipinski definition) is 6.